The van der Waals surface area contributed by atoms with E-state index in [0.717, 1.165) is 12.0 Å². The molecular weight excluding hydrogens is 162 g/mol. The van der Waals surface area contributed by atoms with Crippen LogP contribution in [0.3, 0.4) is 0 Å². The zero-order chi connectivity index (χ0) is 9.68. The maximum absolute atomic E-state index is 9.27. The molecule has 0 radical (unpaired) electrons. The second-order valence-corrected chi connectivity index (χ2v) is 2.87. The van der Waals surface area contributed by atoms with Crippen LogP contribution < -0.4 is 5.73 Å². The molecule has 1 aromatic rings. The first kappa shape index (κ1) is 9.81. The first-order valence-electron chi connectivity index (χ1n) is 4.46. The normalized spacial score (nSPS) is 11.7. The highest BCUT2D eigenvalue weighted by Gasteiger charge is 1.98. The Morgan fingerprint density at radius 2 is 2.31 bits per heavy atom. The molecule has 0 fully saturated rings. The summed E-state index contributed by atoms with van der Waals surface area (Å²) in [6.45, 7) is 2.62. The number of phenols is 1. The molecule has 0 amide bonds. The summed E-state index contributed by atoms with van der Waals surface area (Å²) in [4.78, 5) is 0. The van der Waals surface area contributed by atoms with E-state index in [4.69, 9.17) is 5.73 Å². The third-order valence-corrected chi connectivity index (χ3v) is 1.96. The van der Waals surface area contributed by atoms with Gasteiger partial charge in [-0.3, -0.25) is 0 Å². The molecule has 1 rings (SSSR count). The molecule has 0 spiro atoms. The van der Waals surface area contributed by atoms with Crippen LogP contribution in [0.5, 0.6) is 5.75 Å². The summed E-state index contributed by atoms with van der Waals surface area (Å²) in [5.41, 5.74) is 7.67. The van der Waals surface area contributed by atoms with Crippen LogP contribution in [0.25, 0.3) is 5.57 Å². The molecule has 0 saturated heterocycles. The minimum absolute atomic E-state index is 0.300. The van der Waals surface area contributed by atoms with Gasteiger partial charge in [-0.25, -0.2) is 0 Å². The third-order valence-electron chi connectivity index (χ3n) is 1.96. The van der Waals surface area contributed by atoms with Crippen LogP contribution >= 0.6 is 0 Å². The molecule has 2 nitrogen and oxygen atoms in total. The van der Waals surface area contributed by atoms with Crippen LogP contribution in [-0.4, -0.2) is 11.7 Å². The lowest BCUT2D eigenvalue weighted by Crippen LogP contribution is -1.95. The lowest BCUT2D eigenvalue weighted by molar-refractivity contribution is 0.475. The molecule has 0 unspecified atom stereocenters. The number of hydrogen-bond acceptors (Lipinski definition) is 2. The smallest absolute Gasteiger partial charge is 0.116 e. The van der Waals surface area contributed by atoms with E-state index in [0.29, 0.717) is 12.3 Å². The summed E-state index contributed by atoms with van der Waals surface area (Å²) in [6.07, 6.45) is 2.91. The van der Waals surface area contributed by atoms with Crippen molar-refractivity contribution in [3.8, 4) is 5.75 Å². The number of aromatic hydroxyl groups is 1. The molecule has 0 aromatic heterocycles. The zero-order valence-corrected chi connectivity index (χ0v) is 7.83. The Kier molecular flexibility index (Phi) is 3.53. The van der Waals surface area contributed by atoms with Gasteiger partial charge in [0.25, 0.3) is 0 Å². The van der Waals surface area contributed by atoms with Gasteiger partial charge in [-0.2, -0.15) is 0 Å². The second kappa shape index (κ2) is 4.67. The topological polar surface area (TPSA) is 46.2 Å². The molecule has 0 heterocycles. The molecule has 2 heteroatoms. The third kappa shape index (κ3) is 2.60. The van der Waals surface area contributed by atoms with Gasteiger partial charge in [0.15, 0.2) is 0 Å². The molecule has 0 atom stereocenters. The highest BCUT2D eigenvalue weighted by molar-refractivity contribution is 5.66. The number of nitrogens with two attached hydrogens (primary N) is 1. The van der Waals surface area contributed by atoms with Gasteiger partial charge in [-0.1, -0.05) is 25.1 Å². The Bertz CT molecular complexity index is 305. The Balaban J connectivity index is 2.98. The minimum Gasteiger partial charge on any atom is -0.508 e. The quantitative estimate of drug-likeness (QED) is 0.743. The van der Waals surface area contributed by atoms with Crippen molar-refractivity contribution in [3.05, 3.63) is 35.9 Å². The molecular formula is C11H15NO. The fourth-order valence-electron chi connectivity index (χ4n) is 1.31. The molecule has 0 aliphatic heterocycles. The van der Waals surface area contributed by atoms with Gasteiger partial charge in [-0.15, -0.1) is 0 Å². The predicted molar refractivity (Wildman–Crippen MR) is 55.4 cm³/mol. The van der Waals surface area contributed by atoms with E-state index < -0.39 is 0 Å². The lowest BCUT2D eigenvalue weighted by Gasteiger charge is -2.04. The molecule has 3 N–H and O–H groups in total. The van der Waals surface area contributed by atoms with Crippen molar-refractivity contribution >= 4 is 5.57 Å². The molecule has 1 aromatic carbocycles. The first-order chi connectivity index (χ1) is 6.27. The number of hydrogen-bond donors (Lipinski definition) is 2. The van der Waals surface area contributed by atoms with Crippen LogP contribution in [0.1, 0.15) is 18.9 Å². The van der Waals surface area contributed by atoms with Crippen molar-refractivity contribution in [1.29, 1.82) is 0 Å². The van der Waals surface area contributed by atoms with E-state index in [2.05, 4.69) is 6.92 Å². The van der Waals surface area contributed by atoms with Gasteiger partial charge in [0, 0.05) is 6.54 Å². The standard InChI is InChI=1S/C11H15NO/c1-2-9(6-7-12)10-4-3-5-11(13)8-10/h3-6,8,13H,2,7,12H2,1H3/b9-6-. The fraction of sp³-hybridized carbons (Fsp3) is 0.273. The summed E-state index contributed by atoms with van der Waals surface area (Å²) < 4.78 is 0. The number of allylic oxidation sites excluding steroid dienone is 1. The summed E-state index contributed by atoms with van der Waals surface area (Å²) in [5, 5.41) is 9.27. The van der Waals surface area contributed by atoms with Crippen LogP contribution in [0, 0.1) is 0 Å². The fourth-order valence-corrected chi connectivity index (χ4v) is 1.31. The number of benzene rings is 1. The summed E-state index contributed by atoms with van der Waals surface area (Å²) in [7, 11) is 0. The van der Waals surface area contributed by atoms with Crippen molar-refractivity contribution in [2.24, 2.45) is 5.73 Å². The Hall–Kier alpha value is -1.28. The van der Waals surface area contributed by atoms with Crippen molar-refractivity contribution < 1.29 is 5.11 Å². The van der Waals surface area contributed by atoms with E-state index in [1.165, 1.54) is 5.57 Å². The van der Waals surface area contributed by atoms with Crippen LogP contribution in [0.2, 0.25) is 0 Å². The van der Waals surface area contributed by atoms with Crippen LogP contribution in [-0.2, 0) is 0 Å². The number of rotatable bonds is 3. The lowest BCUT2D eigenvalue weighted by atomic mass is 10.0. The van der Waals surface area contributed by atoms with Gasteiger partial charge >= 0.3 is 0 Å². The molecule has 13 heavy (non-hydrogen) atoms. The van der Waals surface area contributed by atoms with Crippen molar-refractivity contribution in [1.82, 2.24) is 0 Å². The molecule has 0 bridgehead atoms. The van der Waals surface area contributed by atoms with Crippen molar-refractivity contribution in [2.75, 3.05) is 6.54 Å². The summed E-state index contributed by atoms with van der Waals surface area (Å²) >= 11 is 0. The highest BCUT2D eigenvalue weighted by Crippen LogP contribution is 2.21. The number of phenolic OH excluding ortho intramolecular Hbond substituents is 1. The molecule has 70 valence electrons. The first-order valence-corrected chi connectivity index (χ1v) is 4.46. The van der Waals surface area contributed by atoms with Gasteiger partial charge < -0.3 is 10.8 Å². The van der Waals surface area contributed by atoms with E-state index in [9.17, 15) is 5.11 Å². The summed E-state index contributed by atoms with van der Waals surface area (Å²) in [5.74, 6) is 0.300. The molecule has 0 aliphatic carbocycles. The zero-order valence-electron chi connectivity index (χ0n) is 7.83. The Morgan fingerprint density at radius 3 is 2.85 bits per heavy atom. The van der Waals surface area contributed by atoms with Crippen LogP contribution in [0.15, 0.2) is 30.3 Å². The van der Waals surface area contributed by atoms with E-state index >= 15 is 0 Å². The second-order valence-electron chi connectivity index (χ2n) is 2.87. The highest BCUT2D eigenvalue weighted by atomic mass is 16.3. The molecule has 0 saturated carbocycles. The van der Waals surface area contributed by atoms with Gasteiger partial charge in [0.2, 0.25) is 0 Å². The Labute approximate surface area is 78.7 Å². The maximum atomic E-state index is 9.27. The van der Waals surface area contributed by atoms with E-state index in [1.54, 1.807) is 12.1 Å². The maximum Gasteiger partial charge on any atom is 0.116 e. The van der Waals surface area contributed by atoms with Crippen molar-refractivity contribution in [3.63, 3.8) is 0 Å². The Morgan fingerprint density at radius 1 is 1.54 bits per heavy atom. The van der Waals surface area contributed by atoms with Gasteiger partial charge in [0.1, 0.15) is 5.75 Å². The van der Waals surface area contributed by atoms with E-state index in [1.807, 2.05) is 18.2 Å². The molecule has 0 aliphatic rings. The SMILES string of the molecule is CC/C(=C/CN)c1cccc(O)c1. The minimum atomic E-state index is 0.300. The van der Waals surface area contributed by atoms with Gasteiger partial charge in [-0.05, 0) is 29.7 Å². The van der Waals surface area contributed by atoms with Crippen molar-refractivity contribution in [2.45, 2.75) is 13.3 Å². The monoisotopic (exact) mass is 177 g/mol. The van der Waals surface area contributed by atoms with Gasteiger partial charge in [0.05, 0.1) is 0 Å². The summed E-state index contributed by atoms with van der Waals surface area (Å²) in [6, 6.07) is 7.24. The largest absolute Gasteiger partial charge is 0.508 e. The predicted octanol–water partition coefficient (Wildman–Crippen LogP) is 2.14. The average Bonchev–Trinajstić information content (AvgIpc) is 2.14. The van der Waals surface area contributed by atoms with Crippen LogP contribution in [0.4, 0.5) is 0 Å². The average molecular weight is 177 g/mol. The van der Waals surface area contributed by atoms with E-state index in [-0.39, 0.29) is 0 Å².